The maximum absolute atomic E-state index is 3.92. The predicted octanol–water partition coefficient (Wildman–Crippen LogP) is 4.77. The van der Waals surface area contributed by atoms with Gasteiger partial charge in [-0.25, -0.2) is 0 Å². The summed E-state index contributed by atoms with van der Waals surface area (Å²) in [5.74, 6) is 1.43. The van der Waals surface area contributed by atoms with E-state index in [1.807, 2.05) is 0 Å². The lowest BCUT2D eigenvalue weighted by molar-refractivity contribution is 0.427. The molecule has 0 radical (unpaired) electrons. The van der Waals surface area contributed by atoms with Gasteiger partial charge in [-0.1, -0.05) is 61.5 Å². The Hall–Kier alpha value is -1.60. The first-order chi connectivity index (χ1) is 10.3. The molecular weight excluding hydrogens is 254 g/mol. The van der Waals surface area contributed by atoms with Crippen LogP contribution in [0.5, 0.6) is 0 Å². The van der Waals surface area contributed by atoms with Crippen molar-refractivity contribution in [3.63, 3.8) is 0 Å². The first-order valence-corrected chi connectivity index (χ1v) is 8.23. The summed E-state index contributed by atoms with van der Waals surface area (Å²) in [4.78, 5) is 0. The van der Waals surface area contributed by atoms with E-state index in [-0.39, 0.29) is 0 Å². The van der Waals surface area contributed by atoms with Crippen LogP contribution in [-0.4, -0.2) is 6.04 Å². The molecule has 4 unspecified atom stereocenters. The van der Waals surface area contributed by atoms with Crippen molar-refractivity contribution in [2.45, 2.75) is 50.1 Å². The third-order valence-corrected chi connectivity index (χ3v) is 5.22. The third-order valence-electron chi connectivity index (χ3n) is 5.22. The van der Waals surface area contributed by atoms with Crippen LogP contribution in [0.2, 0.25) is 0 Å². The molecule has 0 amide bonds. The largest absolute Gasteiger partial charge is 0.307 e. The Balaban J connectivity index is 1.49. The van der Waals surface area contributed by atoms with Gasteiger partial charge in [0.2, 0.25) is 0 Å². The quantitative estimate of drug-likeness (QED) is 0.852. The van der Waals surface area contributed by atoms with Crippen LogP contribution in [0.3, 0.4) is 0 Å². The molecule has 0 saturated heterocycles. The summed E-state index contributed by atoms with van der Waals surface area (Å²) in [6.07, 6.45) is 3.87. The van der Waals surface area contributed by atoms with E-state index in [0.29, 0.717) is 18.0 Å². The molecule has 1 nitrogen and oxygen atoms in total. The zero-order valence-electron chi connectivity index (χ0n) is 12.6. The number of hydrogen-bond donors (Lipinski definition) is 1. The SMILES string of the molecule is CC1CCC(NC2CC2c2ccccc2)c2ccccc21. The van der Waals surface area contributed by atoms with Gasteiger partial charge in [-0.15, -0.1) is 0 Å². The Morgan fingerprint density at radius 2 is 1.57 bits per heavy atom. The van der Waals surface area contributed by atoms with Gasteiger partial charge in [0.25, 0.3) is 0 Å². The number of nitrogens with one attached hydrogen (secondary N) is 1. The maximum Gasteiger partial charge on any atom is 0.0325 e. The van der Waals surface area contributed by atoms with Crippen molar-refractivity contribution in [1.29, 1.82) is 0 Å². The van der Waals surface area contributed by atoms with E-state index in [0.717, 1.165) is 5.92 Å². The summed E-state index contributed by atoms with van der Waals surface area (Å²) < 4.78 is 0. The Bertz CT molecular complexity index is 619. The van der Waals surface area contributed by atoms with Gasteiger partial charge in [-0.3, -0.25) is 0 Å². The van der Waals surface area contributed by atoms with Gasteiger partial charge in [0, 0.05) is 18.0 Å². The van der Waals surface area contributed by atoms with Gasteiger partial charge < -0.3 is 5.32 Å². The fourth-order valence-corrected chi connectivity index (χ4v) is 3.88. The molecule has 1 fully saturated rings. The van der Waals surface area contributed by atoms with E-state index in [1.165, 1.54) is 30.4 Å². The summed E-state index contributed by atoms with van der Waals surface area (Å²) in [7, 11) is 0. The fourth-order valence-electron chi connectivity index (χ4n) is 3.88. The van der Waals surface area contributed by atoms with E-state index in [9.17, 15) is 0 Å². The summed E-state index contributed by atoms with van der Waals surface area (Å²) in [6.45, 7) is 2.36. The first kappa shape index (κ1) is 13.1. The Morgan fingerprint density at radius 1 is 0.857 bits per heavy atom. The zero-order chi connectivity index (χ0) is 14.2. The fraction of sp³-hybridized carbons (Fsp3) is 0.400. The van der Waals surface area contributed by atoms with Crippen molar-refractivity contribution in [2.75, 3.05) is 0 Å². The van der Waals surface area contributed by atoms with Crippen LogP contribution < -0.4 is 5.32 Å². The van der Waals surface area contributed by atoms with Crippen LogP contribution in [0.15, 0.2) is 54.6 Å². The van der Waals surface area contributed by atoms with Crippen LogP contribution >= 0.6 is 0 Å². The van der Waals surface area contributed by atoms with Gasteiger partial charge in [0.15, 0.2) is 0 Å². The second-order valence-corrected chi connectivity index (χ2v) is 6.69. The van der Waals surface area contributed by atoms with E-state index < -0.39 is 0 Å². The van der Waals surface area contributed by atoms with E-state index in [4.69, 9.17) is 0 Å². The maximum atomic E-state index is 3.92. The molecule has 1 N–H and O–H groups in total. The van der Waals surface area contributed by atoms with Crippen molar-refractivity contribution in [1.82, 2.24) is 5.32 Å². The molecule has 2 aliphatic rings. The molecule has 4 atom stereocenters. The molecule has 0 bridgehead atoms. The molecule has 21 heavy (non-hydrogen) atoms. The average molecular weight is 277 g/mol. The number of fused-ring (bicyclic) bond motifs is 1. The molecule has 4 rings (SSSR count). The zero-order valence-corrected chi connectivity index (χ0v) is 12.6. The first-order valence-electron chi connectivity index (χ1n) is 8.23. The Labute approximate surface area is 127 Å². The highest BCUT2D eigenvalue weighted by Crippen LogP contribution is 2.44. The molecule has 1 heteroatoms. The van der Waals surface area contributed by atoms with E-state index in [1.54, 1.807) is 5.56 Å². The van der Waals surface area contributed by atoms with Crippen molar-refractivity contribution in [3.8, 4) is 0 Å². The van der Waals surface area contributed by atoms with Gasteiger partial charge in [-0.05, 0) is 41.9 Å². The minimum Gasteiger partial charge on any atom is -0.307 e. The van der Waals surface area contributed by atoms with Crippen LogP contribution in [0, 0.1) is 0 Å². The molecule has 0 aromatic heterocycles. The third kappa shape index (κ3) is 2.51. The highest BCUT2D eigenvalue weighted by atomic mass is 15.0. The van der Waals surface area contributed by atoms with Crippen molar-refractivity contribution in [3.05, 3.63) is 71.3 Å². The lowest BCUT2D eigenvalue weighted by Gasteiger charge is -2.30. The average Bonchev–Trinajstić information content (AvgIpc) is 3.31. The van der Waals surface area contributed by atoms with Gasteiger partial charge in [-0.2, -0.15) is 0 Å². The molecular formula is C20H23N. The second-order valence-electron chi connectivity index (χ2n) is 6.69. The van der Waals surface area contributed by atoms with Crippen molar-refractivity contribution >= 4 is 0 Å². The second kappa shape index (κ2) is 5.31. The summed E-state index contributed by atoms with van der Waals surface area (Å²) >= 11 is 0. The predicted molar refractivity (Wildman–Crippen MR) is 87.6 cm³/mol. The lowest BCUT2D eigenvalue weighted by Crippen LogP contribution is -2.28. The highest BCUT2D eigenvalue weighted by Gasteiger charge is 2.40. The smallest absolute Gasteiger partial charge is 0.0325 e. The van der Waals surface area contributed by atoms with Crippen molar-refractivity contribution < 1.29 is 0 Å². The normalized spacial score (nSPS) is 30.7. The van der Waals surface area contributed by atoms with Gasteiger partial charge in [0.05, 0.1) is 0 Å². The van der Waals surface area contributed by atoms with Crippen molar-refractivity contribution in [2.24, 2.45) is 0 Å². The molecule has 0 spiro atoms. The van der Waals surface area contributed by atoms with Crippen LogP contribution in [0.25, 0.3) is 0 Å². The minimum absolute atomic E-state index is 0.552. The van der Waals surface area contributed by atoms with Gasteiger partial charge >= 0.3 is 0 Å². The Morgan fingerprint density at radius 3 is 2.38 bits per heavy atom. The minimum atomic E-state index is 0.552. The topological polar surface area (TPSA) is 12.0 Å². The van der Waals surface area contributed by atoms with Crippen LogP contribution in [-0.2, 0) is 0 Å². The van der Waals surface area contributed by atoms with E-state index >= 15 is 0 Å². The molecule has 2 aromatic rings. The number of hydrogen-bond acceptors (Lipinski definition) is 1. The van der Waals surface area contributed by atoms with E-state index in [2.05, 4.69) is 66.8 Å². The number of rotatable bonds is 3. The van der Waals surface area contributed by atoms with Crippen LogP contribution in [0.1, 0.15) is 60.8 Å². The molecule has 0 heterocycles. The number of benzene rings is 2. The standard InChI is InChI=1S/C20H23N/c1-14-11-12-19(17-10-6-5-9-16(14)17)21-20-13-18(20)15-7-3-2-4-8-15/h2-10,14,18-21H,11-13H2,1H3. The summed E-state index contributed by atoms with van der Waals surface area (Å²) in [5.41, 5.74) is 4.58. The van der Waals surface area contributed by atoms with Crippen LogP contribution in [0.4, 0.5) is 0 Å². The summed E-state index contributed by atoms with van der Waals surface area (Å²) in [5, 5.41) is 3.92. The lowest BCUT2D eigenvalue weighted by atomic mass is 9.81. The molecule has 0 aliphatic heterocycles. The summed E-state index contributed by atoms with van der Waals surface area (Å²) in [6, 6.07) is 21.2. The molecule has 108 valence electrons. The Kier molecular flexibility index (Phi) is 3.31. The molecule has 2 aliphatic carbocycles. The molecule has 1 saturated carbocycles. The van der Waals surface area contributed by atoms with Gasteiger partial charge in [0.1, 0.15) is 0 Å². The highest BCUT2D eigenvalue weighted by molar-refractivity contribution is 5.36. The molecule has 2 aromatic carbocycles. The monoisotopic (exact) mass is 277 g/mol.